The van der Waals surface area contributed by atoms with Crippen LogP contribution in [-0.2, 0) is 10.0 Å². The average molecular weight is 275 g/mol. The Morgan fingerprint density at radius 1 is 1.56 bits per heavy atom. The zero-order valence-corrected chi connectivity index (χ0v) is 10.4. The molecule has 100 valence electrons. The summed E-state index contributed by atoms with van der Waals surface area (Å²) in [6, 6.07) is 1.51. The second-order valence-corrected chi connectivity index (χ2v) is 5.23. The lowest BCUT2D eigenvalue weighted by Crippen LogP contribution is -2.36. The summed E-state index contributed by atoms with van der Waals surface area (Å²) in [6.07, 6.45) is 1.33. The third kappa shape index (κ3) is 3.45. The number of nitrogens with one attached hydrogen (secondary N) is 1. The fourth-order valence-corrected chi connectivity index (χ4v) is 2.43. The first-order chi connectivity index (χ1) is 8.40. The molecule has 0 radical (unpaired) electrons. The Balaban J connectivity index is 2.95. The van der Waals surface area contributed by atoms with E-state index in [-0.39, 0.29) is 11.5 Å². The van der Waals surface area contributed by atoms with Crippen molar-refractivity contribution in [2.24, 2.45) is 0 Å². The predicted molar refractivity (Wildman–Crippen MR) is 62.4 cm³/mol. The minimum atomic E-state index is -3.82. The maximum atomic E-state index is 11.8. The standard InChI is InChI=1S/C9H13N3O5S/c1-2-7(6-13)11-18(16,17)8-3-4-9(10-5-8)12(14)15/h3-5,7,11,13H,2,6H2,1H3/t7-/m0/s1. The molecule has 1 atom stereocenters. The smallest absolute Gasteiger partial charge is 0.363 e. The number of hydrogen-bond donors (Lipinski definition) is 2. The van der Waals surface area contributed by atoms with Gasteiger partial charge in [0.1, 0.15) is 4.90 Å². The zero-order chi connectivity index (χ0) is 13.8. The van der Waals surface area contributed by atoms with Crippen LogP contribution in [0.5, 0.6) is 0 Å². The van der Waals surface area contributed by atoms with Crippen LogP contribution in [0.4, 0.5) is 5.82 Å². The maximum absolute atomic E-state index is 11.8. The van der Waals surface area contributed by atoms with E-state index in [0.717, 1.165) is 18.3 Å². The molecule has 0 aromatic carbocycles. The first-order valence-electron chi connectivity index (χ1n) is 5.14. The zero-order valence-electron chi connectivity index (χ0n) is 9.61. The first-order valence-corrected chi connectivity index (χ1v) is 6.62. The molecule has 0 fully saturated rings. The molecule has 1 aromatic rings. The van der Waals surface area contributed by atoms with Gasteiger partial charge in [-0.25, -0.2) is 13.1 Å². The number of aliphatic hydroxyl groups excluding tert-OH is 1. The Bertz CT molecular complexity index is 510. The van der Waals surface area contributed by atoms with Crippen LogP contribution in [0.25, 0.3) is 0 Å². The van der Waals surface area contributed by atoms with Gasteiger partial charge in [-0.1, -0.05) is 6.92 Å². The van der Waals surface area contributed by atoms with Gasteiger partial charge in [-0.3, -0.25) is 0 Å². The van der Waals surface area contributed by atoms with Crippen molar-refractivity contribution in [2.45, 2.75) is 24.3 Å². The van der Waals surface area contributed by atoms with Crippen molar-refractivity contribution in [3.63, 3.8) is 0 Å². The van der Waals surface area contributed by atoms with Gasteiger partial charge in [0.15, 0.2) is 6.20 Å². The predicted octanol–water partition coefficient (Wildman–Crippen LogP) is 0.0390. The van der Waals surface area contributed by atoms with Crippen LogP contribution in [-0.4, -0.2) is 36.1 Å². The van der Waals surface area contributed by atoms with Gasteiger partial charge >= 0.3 is 5.82 Å². The maximum Gasteiger partial charge on any atom is 0.363 e. The molecule has 0 aliphatic rings. The third-order valence-corrected chi connectivity index (χ3v) is 3.76. The highest BCUT2D eigenvalue weighted by atomic mass is 32.2. The van der Waals surface area contributed by atoms with E-state index in [1.54, 1.807) is 6.92 Å². The van der Waals surface area contributed by atoms with Gasteiger partial charge in [0.05, 0.1) is 6.61 Å². The lowest BCUT2D eigenvalue weighted by Gasteiger charge is -2.13. The van der Waals surface area contributed by atoms with E-state index in [2.05, 4.69) is 9.71 Å². The highest BCUT2D eigenvalue weighted by Gasteiger charge is 2.21. The Hall–Kier alpha value is -1.58. The molecule has 0 saturated heterocycles. The molecule has 18 heavy (non-hydrogen) atoms. The van der Waals surface area contributed by atoms with Crippen molar-refractivity contribution in [3.05, 3.63) is 28.4 Å². The molecule has 1 heterocycles. The van der Waals surface area contributed by atoms with Gasteiger partial charge in [0, 0.05) is 12.1 Å². The summed E-state index contributed by atoms with van der Waals surface area (Å²) < 4.78 is 25.9. The molecule has 1 aromatic heterocycles. The molecule has 2 N–H and O–H groups in total. The van der Waals surface area contributed by atoms with Gasteiger partial charge < -0.3 is 15.2 Å². The average Bonchev–Trinajstić information content (AvgIpc) is 2.36. The lowest BCUT2D eigenvalue weighted by atomic mass is 10.3. The third-order valence-electron chi connectivity index (χ3n) is 2.25. The number of nitro groups is 1. The summed E-state index contributed by atoms with van der Waals surface area (Å²) in [6.45, 7) is 1.40. The molecule has 0 bridgehead atoms. The van der Waals surface area contributed by atoms with Gasteiger partial charge in [-0.2, -0.15) is 0 Å². The van der Waals surface area contributed by atoms with Gasteiger partial charge in [0.25, 0.3) is 0 Å². The Morgan fingerprint density at radius 3 is 2.61 bits per heavy atom. The van der Waals surface area contributed by atoms with Gasteiger partial charge in [0.2, 0.25) is 10.0 Å². The van der Waals surface area contributed by atoms with Crippen molar-refractivity contribution in [1.29, 1.82) is 0 Å². The monoisotopic (exact) mass is 275 g/mol. The van der Waals surface area contributed by atoms with Gasteiger partial charge in [-0.05, 0) is 22.4 Å². The van der Waals surface area contributed by atoms with Crippen molar-refractivity contribution in [2.75, 3.05) is 6.61 Å². The van der Waals surface area contributed by atoms with E-state index in [9.17, 15) is 18.5 Å². The van der Waals surface area contributed by atoms with E-state index in [0.29, 0.717) is 6.42 Å². The molecule has 0 aliphatic heterocycles. The van der Waals surface area contributed by atoms with Crippen molar-refractivity contribution >= 4 is 15.8 Å². The van der Waals surface area contributed by atoms with Crippen LogP contribution < -0.4 is 4.72 Å². The number of hydrogen-bond acceptors (Lipinski definition) is 6. The Labute approximate surface area is 104 Å². The lowest BCUT2D eigenvalue weighted by molar-refractivity contribution is -0.389. The summed E-state index contributed by atoms with van der Waals surface area (Å²) in [5.74, 6) is -0.428. The highest BCUT2D eigenvalue weighted by Crippen LogP contribution is 2.12. The molecule has 9 heteroatoms. The fraction of sp³-hybridized carbons (Fsp3) is 0.444. The molecule has 0 amide bonds. The van der Waals surface area contributed by atoms with Crippen LogP contribution in [0, 0.1) is 10.1 Å². The summed E-state index contributed by atoms with van der Waals surface area (Å²) in [5, 5.41) is 19.3. The van der Waals surface area contributed by atoms with Crippen LogP contribution in [0.15, 0.2) is 23.2 Å². The Kier molecular flexibility index (Phi) is 4.70. The number of nitrogens with zero attached hydrogens (tertiary/aromatic N) is 2. The van der Waals surface area contributed by atoms with E-state index >= 15 is 0 Å². The van der Waals surface area contributed by atoms with E-state index in [4.69, 9.17) is 5.11 Å². The normalized spacial score (nSPS) is 13.2. The second kappa shape index (κ2) is 5.85. The quantitative estimate of drug-likeness (QED) is 0.558. The van der Waals surface area contributed by atoms with Crippen LogP contribution in [0.1, 0.15) is 13.3 Å². The number of rotatable bonds is 6. The molecule has 8 nitrogen and oxygen atoms in total. The van der Waals surface area contributed by atoms with Crippen molar-refractivity contribution in [1.82, 2.24) is 9.71 Å². The number of aromatic nitrogens is 1. The number of pyridine rings is 1. The van der Waals surface area contributed by atoms with Gasteiger partial charge in [-0.15, -0.1) is 0 Å². The molecule has 0 saturated carbocycles. The van der Waals surface area contributed by atoms with E-state index in [1.807, 2.05) is 0 Å². The van der Waals surface area contributed by atoms with Crippen molar-refractivity contribution < 1.29 is 18.4 Å². The summed E-state index contributed by atoms with van der Waals surface area (Å²) in [5.41, 5.74) is 0. The molecule has 0 spiro atoms. The molecule has 1 rings (SSSR count). The molecular formula is C9H13N3O5S. The molecule has 0 aliphatic carbocycles. The SMILES string of the molecule is CC[C@@H](CO)NS(=O)(=O)c1ccc([N+](=O)[O-])nc1. The van der Waals surface area contributed by atoms with Crippen molar-refractivity contribution in [3.8, 4) is 0 Å². The van der Waals surface area contributed by atoms with Crippen LogP contribution in [0.3, 0.4) is 0 Å². The summed E-state index contributed by atoms with van der Waals surface area (Å²) in [7, 11) is -3.82. The first kappa shape index (κ1) is 14.5. The summed E-state index contributed by atoms with van der Waals surface area (Å²) in [4.78, 5) is 12.9. The fourth-order valence-electron chi connectivity index (χ4n) is 1.18. The van der Waals surface area contributed by atoms with Crippen LogP contribution in [0.2, 0.25) is 0 Å². The van der Waals surface area contributed by atoms with E-state index in [1.165, 1.54) is 0 Å². The topological polar surface area (TPSA) is 122 Å². The minimum absolute atomic E-state index is 0.181. The minimum Gasteiger partial charge on any atom is -0.395 e. The Morgan fingerprint density at radius 2 is 2.22 bits per heavy atom. The number of sulfonamides is 1. The summed E-state index contributed by atoms with van der Waals surface area (Å²) >= 11 is 0. The second-order valence-electron chi connectivity index (χ2n) is 3.52. The largest absolute Gasteiger partial charge is 0.395 e. The molecular weight excluding hydrogens is 262 g/mol. The van der Waals surface area contributed by atoms with E-state index < -0.39 is 26.8 Å². The van der Waals surface area contributed by atoms with Crippen LogP contribution >= 0.6 is 0 Å². The highest BCUT2D eigenvalue weighted by molar-refractivity contribution is 7.89. The molecule has 0 unspecified atom stereocenters. The number of aliphatic hydroxyl groups is 1.